The number of anilines is 1. The minimum Gasteiger partial charge on any atom is -0.459 e. The van der Waals surface area contributed by atoms with Crippen LogP contribution in [0.25, 0.3) is 11.2 Å². The van der Waals surface area contributed by atoms with Crippen molar-refractivity contribution in [2.45, 2.75) is 24.5 Å². The number of benzene rings is 4. The van der Waals surface area contributed by atoms with Crippen molar-refractivity contribution >= 4 is 88.6 Å². The smallest absolute Gasteiger partial charge is 0.339 e. The highest BCUT2D eigenvalue weighted by Gasteiger charge is 2.52. The van der Waals surface area contributed by atoms with Crippen molar-refractivity contribution in [2.75, 3.05) is 11.9 Å². The van der Waals surface area contributed by atoms with E-state index >= 15 is 0 Å². The molecule has 1 aliphatic rings. The van der Waals surface area contributed by atoms with Crippen LogP contribution < -0.4 is 5.32 Å². The van der Waals surface area contributed by atoms with E-state index in [0.717, 1.165) is 0 Å². The number of ether oxygens (including phenoxy) is 4. The Morgan fingerprint density at radius 1 is 0.667 bits per heavy atom. The Balaban J connectivity index is 1.27. The minimum absolute atomic E-state index is 0.114. The highest BCUT2D eigenvalue weighted by atomic mass is 79.9. The molecule has 0 bridgehead atoms. The van der Waals surface area contributed by atoms with Gasteiger partial charge in [0.1, 0.15) is 19.0 Å². The summed E-state index contributed by atoms with van der Waals surface area (Å²) in [5.41, 5.74) is 1.44. The normalized spacial score (nSPS) is 17.8. The lowest BCUT2D eigenvalue weighted by Crippen LogP contribution is -2.41. The number of nitrogens with zero attached hydrogens (tertiary/aromatic N) is 4. The molecule has 1 aliphatic heterocycles. The zero-order valence-corrected chi connectivity index (χ0v) is 32.4. The number of hydrogen-bond acceptors (Lipinski definition) is 11. The number of hydrogen-bond donors (Lipinski definition) is 1. The van der Waals surface area contributed by atoms with Gasteiger partial charge >= 0.3 is 17.9 Å². The molecule has 3 heterocycles. The van der Waals surface area contributed by atoms with Gasteiger partial charge in [0, 0.05) is 19.0 Å². The summed E-state index contributed by atoms with van der Waals surface area (Å²) in [5, 5.41) is 2.76. The molecule has 13 nitrogen and oxygen atoms in total. The van der Waals surface area contributed by atoms with Gasteiger partial charge in [-0.15, -0.1) is 0 Å². The monoisotopic (exact) mass is 917 g/mol. The standard InChI is InChI=1S/C38H26Br3N5O8/c39-25-15-7-4-12-22(25)36(48)51-18-28-30(53-37(49)23-13-5-8-16-26(23)40)31(54-38(50)24-14-6-9-17-27(24)41)35(52-28)46-20-44-29-32(42-19-43-33(29)46)45-34(47)21-10-2-1-3-11-21/h1-17,19-20,28,30-31,35H,18H2,(H,42,43,45,47)/t28-,30+,31+,35-/m1/s1. The summed E-state index contributed by atoms with van der Waals surface area (Å²) in [6, 6.07) is 28.6. The average Bonchev–Trinajstić information content (AvgIpc) is 3.76. The lowest BCUT2D eigenvalue weighted by molar-refractivity contribution is -0.0606. The molecule has 54 heavy (non-hydrogen) atoms. The largest absolute Gasteiger partial charge is 0.459 e. The van der Waals surface area contributed by atoms with Gasteiger partial charge in [0.2, 0.25) is 0 Å². The van der Waals surface area contributed by atoms with E-state index < -0.39 is 55.0 Å². The quantitative estimate of drug-likeness (QED) is 0.107. The van der Waals surface area contributed by atoms with Crippen molar-refractivity contribution < 1.29 is 38.1 Å². The van der Waals surface area contributed by atoms with Crippen LogP contribution in [0.15, 0.2) is 129 Å². The van der Waals surface area contributed by atoms with E-state index in [9.17, 15) is 19.2 Å². The Bertz CT molecular complexity index is 2380. The molecule has 1 amide bonds. The number of halogens is 3. The Morgan fingerprint density at radius 2 is 1.20 bits per heavy atom. The van der Waals surface area contributed by atoms with E-state index in [1.54, 1.807) is 103 Å². The summed E-state index contributed by atoms with van der Waals surface area (Å²) in [7, 11) is 0. The number of carbonyl (C=O) groups is 4. The van der Waals surface area contributed by atoms with Crippen molar-refractivity contribution in [1.29, 1.82) is 0 Å². The van der Waals surface area contributed by atoms with Crippen LogP contribution in [0, 0.1) is 0 Å². The maximum Gasteiger partial charge on any atom is 0.339 e. The number of esters is 3. The summed E-state index contributed by atoms with van der Waals surface area (Å²) >= 11 is 10.2. The van der Waals surface area contributed by atoms with Crippen LogP contribution >= 0.6 is 47.8 Å². The summed E-state index contributed by atoms with van der Waals surface area (Å²) in [5.74, 6) is -2.50. The number of aromatic nitrogens is 4. The van der Waals surface area contributed by atoms with Gasteiger partial charge in [-0.3, -0.25) is 9.36 Å². The van der Waals surface area contributed by atoms with Crippen molar-refractivity contribution in [3.05, 3.63) is 151 Å². The Kier molecular flexibility index (Phi) is 11.2. The lowest BCUT2D eigenvalue weighted by Gasteiger charge is -2.25. The first-order chi connectivity index (χ1) is 26.2. The minimum atomic E-state index is -1.35. The molecule has 0 unspecified atom stereocenters. The van der Waals surface area contributed by atoms with E-state index in [0.29, 0.717) is 19.0 Å². The van der Waals surface area contributed by atoms with Crippen molar-refractivity contribution in [1.82, 2.24) is 19.5 Å². The van der Waals surface area contributed by atoms with Gasteiger partial charge in [0.15, 0.2) is 35.4 Å². The molecule has 0 spiro atoms. The lowest BCUT2D eigenvalue weighted by atomic mass is 10.1. The van der Waals surface area contributed by atoms with Crippen molar-refractivity contribution in [3.63, 3.8) is 0 Å². The number of rotatable bonds is 10. The van der Waals surface area contributed by atoms with E-state index in [1.165, 1.54) is 17.2 Å². The third-order valence-corrected chi connectivity index (χ3v) is 10.4. The zero-order chi connectivity index (χ0) is 37.8. The molecule has 272 valence electrons. The molecule has 7 rings (SSSR count). The molecule has 2 aromatic heterocycles. The van der Waals surface area contributed by atoms with Gasteiger partial charge in [0.25, 0.3) is 5.91 Å². The molecule has 1 N–H and O–H groups in total. The number of fused-ring (bicyclic) bond motifs is 1. The number of amides is 1. The highest BCUT2D eigenvalue weighted by Crippen LogP contribution is 2.38. The van der Waals surface area contributed by atoms with E-state index in [2.05, 4.69) is 68.1 Å². The van der Waals surface area contributed by atoms with Gasteiger partial charge < -0.3 is 24.3 Å². The van der Waals surface area contributed by atoms with Crippen LogP contribution in [-0.4, -0.2) is 68.3 Å². The zero-order valence-electron chi connectivity index (χ0n) is 27.7. The molecule has 0 radical (unpaired) electrons. The molecular weight excluding hydrogens is 894 g/mol. The van der Waals surface area contributed by atoms with Gasteiger partial charge in [-0.25, -0.2) is 29.3 Å². The second-order valence-electron chi connectivity index (χ2n) is 11.7. The number of nitrogens with one attached hydrogen (secondary N) is 1. The first kappa shape index (κ1) is 37.0. The molecule has 1 fully saturated rings. The van der Waals surface area contributed by atoms with E-state index in [-0.39, 0.29) is 33.7 Å². The van der Waals surface area contributed by atoms with Crippen LogP contribution in [0.5, 0.6) is 0 Å². The first-order valence-electron chi connectivity index (χ1n) is 16.2. The van der Waals surface area contributed by atoms with Crippen LogP contribution in [0.1, 0.15) is 47.7 Å². The van der Waals surface area contributed by atoms with Gasteiger partial charge in [0.05, 0.1) is 23.0 Å². The topological polar surface area (TPSA) is 161 Å². The third-order valence-electron chi connectivity index (χ3n) is 8.33. The Hall–Kier alpha value is -5.29. The summed E-state index contributed by atoms with van der Waals surface area (Å²) in [6.07, 6.45) is -2.47. The Labute approximate surface area is 332 Å². The predicted octanol–water partition coefficient (Wildman–Crippen LogP) is 7.57. The summed E-state index contributed by atoms with van der Waals surface area (Å²) in [4.78, 5) is 67.0. The predicted molar refractivity (Wildman–Crippen MR) is 205 cm³/mol. The molecule has 0 saturated carbocycles. The van der Waals surface area contributed by atoms with Crippen molar-refractivity contribution in [3.8, 4) is 0 Å². The summed E-state index contributed by atoms with van der Waals surface area (Å²) < 4.78 is 27.3. The maximum atomic E-state index is 13.8. The summed E-state index contributed by atoms with van der Waals surface area (Å²) in [6.45, 7) is -0.409. The van der Waals surface area contributed by atoms with Crippen molar-refractivity contribution in [2.24, 2.45) is 0 Å². The molecule has 0 aliphatic carbocycles. The molecule has 4 aromatic carbocycles. The number of imidazole rings is 1. The third kappa shape index (κ3) is 7.82. The highest BCUT2D eigenvalue weighted by molar-refractivity contribution is 9.11. The second kappa shape index (κ2) is 16.4. The fraction of sp³-hybridized carbons (Fsp3) is 0.132. The van der Waals surface area contributed by atoms with Gasteiger partial charge in [-0.1, -0.05) is 54.6 Å². The number of carbonyl (C=O) groups excluding carboxylic acids is 4. The Morgan fingerprint density at radius 3 is 1.80 bits per heavy atom. The molecular formula is C38H26Br3N5O8. The van der Waals surface area contributed by atoms with Crippen LogP contribution in [0.2, 0.25) is 0 Å². The fourth-order valence-electron chi connectivity index (χ4n) is 5.72. The van der Waals surface area contributed by atoms with Gasteiger partial charge in [-0.05, 0) is 96.3 Å². The molecule has 6 aromatic rings. The van der Waals surface area contributed by atoms with Crippen LogP contribution in [-0.2, 0) is 18.9 Å². The molecule has 16 heteroatoms. The van der Waals surface area contributed by atoms with Crippen LogP contribution in [0.4, 0.5) is 5.82 Å². The molecule has 4 atom stereocenters. The van der Waals surface area contributed by atoms with Crippen LogP contribution in [0.3, 0.4) is 0 Å². The molecule has 1 saturated heterocycles. The van der Waals surface area contributed by atoms with Gasteiger partial charge in [-0.2, -0.15) is 0 Å². The van der Waals surface area contributed by atoms with E-state index in [1.807, 2.05) is 0 Å². The first-order valence-corrected chi connectivity index (χ1v) is 18.6. The maximum absolute atomic E-state index is 13.8. The fourth-order valence-corrected chi connectivity index (χ4v) is 7.06. The second-order valence-corrected chi connectivity index (χ2v) is 14.3. The average molecular weight is 920 g/mol. The SMILES string of the molecule is O=C(Nc1ncnc2c1ncn2[C@@H]1O[C@H](COC(=O)c2ccccc2Br)[C@H](OC(=O)c2ccccc2Br)[C@@H]1OC(=O)c1ccccc1Br)c1ccccc1. The van der Waals surface area contributed by atoms with E-state index in [4.69, 9.17) is 18.9 Å².